The number of morpholine rings is 1. The number of hydrogen-bond donors (Lipinski definition) is 2. The minimum absolute atomic E-state index is 0.0933. The van der Waals surface area contributed by atoms with E-state index in [0.29, 0.717) is 67.3 Å². The molecule has 0 bridgehead atoms. The van der Waals surface area contributed by atoms with Crippen LogP contribution in [0.25, 0.3) is 16.9 Å². The van der Waals surface area contributed by atoms with Gasteiger partial charge in [0.25, 0.3) is 6.43 Å². The molecule has 12 heteroatoms. The van der Waals surface area contributed by atoms with Crippen LogP contribution in [0.15, 0.2) is 30.3 Å². The summed E-state index contributed by atoms with van der Waals surface area (Å²) in [7, 11) is 0. The number of fused-ring (bicyclic) bond motifs is 1. The van der Waals surface area contributed by atoms with E-state index < -0.39 is 6.43 Å². The first-order valence-corrected chi connectivity index (χ1v) is 13.6. The molecule has 10 nitrogen and oxygen atoms in total. The lowest BCUT2D eigenvalue weighted by atomic mass is 9.86. The summed E-state index contributed by atoms with van der Waals surface area (Å²) in [6.45, 7) is 3.78. The zero-order valence-corrected chi connectivity index (χ0v) is 21.7. The van der Waals surface area contributed by atoms with Gasteiger partial charge in [0.05, 0.1) is 24.2 Å². The summed E-state index contributed by atoms with van der Waals surface area (Å²) in [5.74, 6) is 1.47. The number of amides is 1. The van der Waals surface area contributed by atoms with Crippen molar-refractivity contribution in [2.45, 2.75) is 50.6 Å². The third-order valence-corrected chi connectivity index (χ3v) is 7.68. The molecule has 2 aliphatic heterocycles. The molecule has 0 spiro atoms. The minimum atomic E-state index is -2.77. The highest BCUT2D eigenvalue weighted by Gasteiger charge is 2.32. The van der Waals surface area contributed by atoms with E-state index in [4.69, 9.17) is 19.4 Å². The third-order valence-electron chi connectivity index (χ3n) is 7.68. The van der Waals surface area contributed by atoms with Gasteiger partial charge in [-0.1, -0.05) is 12.1 Å². The number of rotatable bonds is 8. The second-order valence-corrected chi connectivity index (χ2v) is 10.4. The number of nitrogens with one attached hydrogen (secondary N) is 2. The van der Waals surface area contributed by atoms with Crippen molar-refractivity contribution in [1.82, 2.24) is 24.8 Å². The van der Waals surface area contributed by atoms with Crippen molar-refractivity contribution in [3.05, 3.63) is 36.2 Å². The van der Waals surface area contributed by atoms with Crippen LogP contribution in [0.4, 0.5) is 20.5 Å². The molecule has 2 saturated heterocycles. The Morgan fingerprint density at radius 3 is 2.51 bits per heavy atom. The van der Waals surface area contributed by atoms with Crippen molar-refractivity contribution in [3.63, 3.8) is 0 Å². The molecule has 6 rings (SSSR count). The van der Waals surface area contributed by atoms with Crippen molar-refractivity contribution in [2.24, 2.45) is 5.92 Å². The van der Waals surface area contributed by atoms with Crippen LogP contribution in [-0.2, 0) is 14.3 Å². The Bertz CT molecular complexity index is 1300. The summed E-state index contributed by atoms with van der Waals surface area (Å²) in [4.78, 5) is 28.1. The van der Waals surface area contributed by atoms with Gasteiger partial charge in [0.2, 0.25) is 11.9 Å². The van der Waals surface area contributed by atoms with E-state index in [2.05, 4.69) is 15.6 Å². The largest absolute Gasteiger partial charge is 0.381 e. The number of imidazole rings is 1. The van der Waals surface area contributed by atoms with Gasteiger partial charge in [0.15, 0.2) is 5.82 Å². The van der Waals surface area contributed by atoms with Crippen molar-refractivity contribution in [1.29, 1.82) is 0 Å². The second kappa shape index (κ2) is 11.4. The minimum Gasteiger partial charge on any atom is -0.381 e. The Hall–Kier alpha value is -3.38. The first-order valence-electron chi connectivity index (χ1n) is 13.6. The summed E-state index contributed by atoms with van der Waals surface area (Å²) in [5.41, 5.74) is 1.04. The van der Waals surface area contributed by atoms with Gasteiger partial charge in [-0.15, -0.1) is 0 Å². The van der Waals surface area contributed by atoms with Gasteiger partial charge in [0, 0.05) is 50.9 Å². The number of halogens is 2. The maximum Gasteiger partial charge on any atom is 0.296 e. The van der Waals surface area contributed by atoms with Crippen LogP contribution in [0.1, 0.15) is 44.4 Å². The second-order valence-electron chi connectivity index (χ2n) is 10.4. The molecule has 3 aromatic rings. The van der Waals surface area contributed by atoms with E-state index in [1.807, 2.05) is 4.90 Å². The number of hydrogen-bond acceptors (Lipinski definition) is 8. The van der Waals surface area contributed by atoms with Gasteiger partial charge >= 0.3 is 0 Å². The number of ether oxygens (including phenoxy) is 2. The molecule has 4 heterocycles. The normalized spacial score (nSPS) is 22.2. The van der Waals surface area contributed by atoms with Crippen molar-refractivity contribution < 1.29 is 23.0 Å². The molecule has 1 saturated carbocycles. The molecule has 0 unspecified atom stereocenters. The first kappa shape index (κ1) is 25.9. The summed E-state index contributed by atoms with van der Waals surface area (Å²) in [5, 5.41) is 6.59. The Kier molecular flexibility index (Phi) is 7.55. The maximum absolute atomic E-state index is 14.1. The van der Waals surface area contributed by atoms with Crippen LogP contribution in [0, 0.1) is 5.92 Å². The van der Waals surface area contributed by atoms with E-state index >= 15 is 0 Å². The number of alkyl halides is 2. The summed E-state index contributed by atoms with van der Waals surface area (Å²) < 4.78 is 40.4. The molecule has 208 valence electrons. The Labute approximate surface area is 225 Å². The molecule has 3 fully saturated rings. The molecular weight excluding hydrogens is 508 g/mol. The van der Waals surface area contributed by atoms with Gasteiger partial charge in [-0.3, -0.25) is 9.36 Å². The Morgan fingerprint density at radius 1 is 1.00 bits per heavy atom. The van der Waals surface area contributed by atoms with Crippen molar-refractivity contribution in [2.75, 3.05) is 49.7 Å². The highest BCUT2D eigenvalue weighted by atomic mass is 19.3. The molecule has 2 aromatic heterocycles. The van der Waals surface area contributed by atoms with Crippen LogP contribution < -0.4 is 15.5 Å². The number of benzene rings is 1. The monoisotopic (exact) mass is 541 g/mol. The molecule has 3 aliphatic rings. The first-order chi connectivity index (χ1) is 19.0. The van der Waals surface area contributed by atoms with E-state index in [0.717, 1.165) is 38.9 Å². The highest BCUT2D eigenvalue weighted by Crippen LogP contribution is 2.31. The predicted molar refractivity (Wildman–Crippen MR) is 141 cm³/mol. The average molecular weight is 542 g/mol. The molecule has 39 heavy (non-hydrogen) atoms. The molecule has 1 aromatic carbocycles. The van der Waals surface area contributed by atoms with E-state index in [1.54, 1.807) is 30.3 Å². The zero-order valence-electron chi connectivity index (χ0n) is 21.7. The van der Waals surface area contributed by atoms with Crippen LogP contribution in [0.5, 0.6) is 0 Å². The third kappa shape index (κ3) is 5.81. The van der Waals surface area contributed by atoms with Crippen molar-refractivity contribution in [3.8, 4) is 5.82 Å². The average Bonchev–Trinajstić information content (AvgIpc) is 3.33. The number of carbonyl (C=O) groups is 1. The molecule has 0 radical (unpaired) electrons. The van der Waals surface area contributed by atoms with Gasteiger partial charge in [0.1, 0.15) is 11.6 Å². The van der Waals surface area contributed by atoms with Crippen LogP contribution in [0.2, 0.25) is 0 Å². The predicted octanol–water partition coefficient (Wildman–Crippen LogP) is 3.47. The fraction of sp³-hybridized carbons (Fsp3) is 0.556. The van der Waals surface area contributed by atoms with E-state index in [-0.39, 0.29) is 23.8 Å². The summed E-state index contributed by atoms with van der Waals surface area (Å²) in [6.07, 6.45) is 1.17. The standard InChI is InChI=1S/C27H33F2N7O3/c28-25(29)26-32-20-3-1-2-4-21(20)36(26)23-16-22(33-27(34-23)35-7-11-39-12-8-35)30-18-14-19(15-18)31-24(37)13-17-5-9-38-10-6-17/h1-4,16-19,25H,5-15H2,(H,31,37)(H,30,33,34). The topological polar surface area (TPSA) is 106 Å². The van der Waals surface area contributed by atoms with Gasteiger partial charge in [-0.05, 0) is 43.7 Å². The quantitative estimate of drug-likeness (QED) is 0.447. The number of aromatic nitrogens is 4. The van der Waals surface area contributed by atoms with E-state index in [1.165, 1.54) is 4.57 Å². The fourth-order valence-corrected chi connectivity index (χ4v) is 5.51. The molecule has 1 aliphatic carbocycles. The summed E-state index contributed by atoms with van der Waals surface area (Å²) >= 11 is 0. The lowest BCUT2D eigenvalue weighted by molar-refractivity contribution is -0.124. The molecule has 2 N–H and O–H groups in total. The van der Waals surface area contributed by atoms with Gasteiger partial charge < -0.3 is 25.0 Å². The molecule has 1 amide bonds. The lowest BCUT2D eigenvalue weighted by Crippen LogP contribution is -2.50. The number of anilines is 2. The number of nitrogens with zero attached hydrogens (tertiary/aromatic N) is 5. The zero-order chi connectivity index (χ0) is 26.8. The number of para-hydroxylation sites is 2. The Balaban J connectivity index is 1.20. The van der Waals surface area contributed by atoms with Crippen LogP contribution >= 0.6 is 0 Å². The highest BCUT2D eigenvalue weighted by molar-refractivity contribution is 5.78. The smallest absolute Gasteiger partial charge is 0.296 e. The molecular formula is C27H33F2N7O3. The van der Waals surface area contributed by atoms with E-state index in [9.17, 15) is 13.6 Å². The Morgan fingerprint density at radius 2 is 1.74 bits per heavy atom. The van der Waals surface area contributed by atoms with Gasteiger partial charge in [-0.25, -0.2) is 13.8 Å². The van der Waals surface area contributed by atoms with Crippen molar-refractivity contribution >= 4 is 28.7 Å². The fourth-order valence-electron chi connectivity index (χ4n) is 5.51. The van der Waals surface area contributed by atoms with Gasteiger partial charge in [-0.2, -0.15) is 9.97 Å². The van der Waals surface area contributed by atoms with Crippen LogP contribution in [0.3, 0.4) is 0 Å². The maximum atomic E-state index is 14.1. The number of carbonyl (C=O) groups excluding carboxylic acids is 1. The SMILES string of the molecule is O=C(CC1CCOCC1)NC1CC(Nc2cc(-n3c(C(F)F)nc4ccccc43)nc(N3CCOCC3)n2)C1. The van der Waals surface area contributed by atoms with Crippen LogP contribution in [-0.4, -0.2) is 77.0 Å². The lowest BCUT2D eigenvalue weighted by Gasteiger charge is -2.37. The summed E-state index contributed by atoms with van der Waals surface area (Å²) in [6, 6.07) is 8.95. The molecule has 0 atom stereocenters.